The highest BCUT2D eigenvalue weighted by molar-refractivity contribution is 5.95. The smallest absolute Gasteiger partial charge is 0.257 e. The molecular formula is C28H27FN6O. The quantitative estimate of drug-likeness (QED) is 0.411. The van der Waals surface area contributed by atoms with Crippen LogP contribution in [0.2, 0.25) is 0 Å². The number of halogens is 1. The summed E-state index contributed by atoms with van der Waals surface area (Å²) in [7, 11) is 0. The molecule has 2 aromatic carbocycles. The number of nitrogens with zero attached hydrogens (tertiary/aromatic N) is 6. The maximum Gasteiger partial charge on any atom is 0.257 e. The molecule has 0 radical (unpaired) electrons. The second-order valence-electron chi connectivity index (χ2n) is 8.68. The third-order valence-corrected chi connectivity index (χ3v) is 6.36. The van der Waals surface area contributed by atoms with Crippen LogP contribution in [0.15, 0.2) is 79.1 Å². The van der Waals surface area contributed by atoms with Crippen molar-refractivity contribution >= 4 is 12.0 Å². The Kier molecular flexibility index (Phi) is 6.95. The van der Waals surface area contributed by atoms with Gasteiger partial charge in [0.15, 0.2) is 0 Å². The van der Waals surface area contributed by atoms with Crippen LogP contribution >= 0.6 is 0 Å². The first-order valence-electron chi connectivity index (χ1n) is 12.0. The Morgan fingerprint density at radius 1 is 1.00 bits per heavy atom. The zero-order valence-electron chi connectivity index (χ0n) is 20.1. The Balaban J connectivity index is 1.24. The SMILES string of the molecule is Cc1c(C(=O)N2CCN(C/C=C/c3ccccc3)CC2)cnn1-c1nccc(-c2ccccc2F)n1. The van der Waals surface area contributed by atoms with Crippen LogP contribution in [0.3, 0.4) is 0 Å². The molecule has 0 N–H and O–H groups in total. The Morgan fingerprint density at radius 2 is 1.75 bits per heavy atom. The van der Waals surface area contributed by atoms with E-state index in [1.165, 1.54) is 16.3 Å². The van der Waals surface area contributed by atoms with Crippen molar-refractivity contribution < 1.29 is 9.18 Å². The van der Waals surface area contributed by atoms with Crippen molar-refractivity contribution in [2.45, 2.75) is 6.92 Å². The maximum absolute atomic E-state index is 14.2. The number of amides is 1. The van der Waals surface area contributed by atoms with Crippen LogP contribution in [0.25, 0.3) is 23.3 Å². The maximum atomic E-state index is 14.2. The van der Waals surface area contributed by atoms with E-state index >= 15 is 0 Å². The minimum atomic E-state index is -0.357. The fourth-order valence-electron chi connectivity index (χ4n) is 4.30. The van der Waals surface area contributed by atoms with Crippen molar-refractivity contribution in [2.75, 3.05) is 32.7 Å². The number of rotatable bonds is 6. The van der Waals surface area contributed by atoms with Gasteiger partial charge in [-0.1, -0.05) is 54.6 Å². The Labute approximate surface area is 209 Å². The first-order valence-corrected chi connectivity index (χ1v) is 12.0. The van der Waals surface area contributed by atoms with Gasteiger partial charge >= 0.3 is 0 Å². The lowest BCUT2D eigenvalue weighted by molar-refractivity contribution is 0.0649. The van der Waals surface area contributed by atoms with Crippen LogP contribution in [0, 0.1) is 12.7 Å². The summed E-state index contributed by atoms with van der Waals surface area (Å²) in [5, 5.41) is 4.37. The van der Waals surface area contributed by atoms with Crippen LogP contribution < -0.4 is 0 Å². The number of hydrogen-bond acceptors (Lipinski definition) is 5. The summed E-state index contributed by atoms with van der Waals surface area (Å²) in [4.78, 5) is 26.2. The molecule has 0 bridgehead atoms. The fraction of sp³-hybridized carbons (Fsp3) is 0.214. The van der Waals surface area contributed by atoms with Crippen LogP contribution in [0.4, 0.5) is 4.39 Å². The van der Waals surface area contributed by atoms with Gasteiger partial charge in [-0.15, -0.1) is 0 Å². The molecule has 0 unspecified atom stereocenters. The van der Waals surface area contributed by atoms with Gasteiger partial charge in [-0.25, -0.2) is 19.0 Å². The Bertz CT molecular complexity index is 1380. The molecule has 1 saturated heterocycles. The standard InChI is InChI=1S/C28H27FN6O/c1-21-24(20-31-35(21)28-30-14-13-26(32-28)23-11-5-6-12-25(23)29)27(36)34-18-16-33(17-19-34)15-7-10-22-8-3-2-4-9-22/h2-14,20H,15-19H2,1H3/b10-7+. The summed E-state index contributed by atoms with van der Waals surface area (Å²) in [5.74, 6) is -0.115. The molecule has 182 valence electrons. The van der Waals surface area contributed by atoms with E-state index in [-0.39, 0.29) is 11.7 Å². The lowest BCUT2D eigenvalue weighted by Crippen LogP contribution is -2.48. The average molecular weight is 483 g/mol. The largest absolute Gasteiger partial charge is 0.336 e. The molecule has 1 aliphatic rings. The van der Waals surface area contributed by atoms with E-state index in [4.69, 9.17) is 0 Å². The molecule has 0 aliphatic carbocycles. The first-order chi connectivity index (χ1) is 17.6. The van der Waals surface area contributed by atoms with Crippen LogP contribution in [-0.2, 0) is 0 Å². The first kappa shape index (κ1) is 23.6. The van der Waals surface area contributed by atoms with Crippen molar-refractivity contribution in [3.63, 3.8) is 0 Å². The van der Waals surface area contributed by atoms with E-state index in [0.29, 0.717) is 41.6 Å². The molecule has 36 heavy (non-hydrogen) atoms. The molecule has 5 rings (SSSR count). The molecule has 1 fully saturated rings. The van der Waals surface area contributed by atoms with Crippen LogP contribution in [0.1, 0.15) is 21.6 Å². The van der Waals surface area contributed by atoms with Crippen molar-refractivity contribution in [1.29, 1.82) is 0 Å². The van der Waals surface area contributed by atoms with E-state index < -0.39 is 0 Å². The molecular weight excluding hydrogens is 455 g/mol. The van der Waals surface area contributed by atoms with Gasteiger partial charge in [0.1, 0.15) is 5.82 Å². The molecule has 0 spiro atoms. The number of carbonyl (C=O) groups is 1. The summed E-state index contributed by atoms with van der Waals surface area (Å²) in [6.07, 6.45) is 7.42. The Hall–Kier alpha value is -4.17. The number of aromatic nitrogens is 4. The summed E-state index contributed by atoms with van der Waals surface area (Å²) in [6.45, 7) is 5.61. The normalized spacial score (nSPS) is 14.4. The number of benzene rings is 2. The second-order valence-corrected chi connectivity index (χ2v) is 8.68. The Morgan fingerprint density at radius 3 is 2.53 bits per heavy atom. The molecule has 4 aromatic rings. The van der Waals surface area contributed by atoms with E-state index in [1.54, 1.807) is 36.7 Å². The van der Waals surface area contributed by atoms with Gasteiger partial charge in [0.25, 0.3) is 11.9 Å². The molecule has 0 saturated carbocycles. The van der Waals surface area contributed by atoms with Gasteiger partial charge in [0.2, 0.25) is 0 Å². The van der Waals surface area contributed by atoms with E-state index in [2.05, 4.69) is 44.3 Å². The van der Waals surface area contributed by atoms with Gasteiger partial charge in [-0.05, 0) is 30.7 Å². The van der Waals surface area contributed by atoms with Gasteiger partial charge in [-0.3, -0.25) is 9.69 Å². The topological polar surface area (TPSA) is 67.2 Å². The summed E-state index contributed by atoms with van der Waals surface area (Å²) in [6, 6.07) is 18.3. The van der Waals surface area contributed by atoms with Crippen LogP contribution in [0.5, 0.6) is 0 Å². The van der Waals surface area contributed by atoms with Crippen molar-refractivity contribution in [1.82, 2.24) is 29.5 Å². The highest BCUT2D eigenvalue weighted by Gasteiger charge is 2.25. The highest BCUT2D eigenvalue weighted by atomic mass is 19.1. The van der Waals surface area contributed by atoms with Crippen molar-refractivity contribution in [3.8, 4) is 17.2 Å². The third-order valence-electron chi connectivity index (χ3n) is 6.36. The van der Waals surface area contributed by atoms with E-state index in [9.17, 15) is 9.18 Å². The van der Waals surface area contributed by atoms with Gasteiger partial charge < -0.3 is 4.90 Å². The summed E-state index contributed by atoms with van der Waals surface area (Å²) >= 11 is 0. The fourth-order valence-corrected chi connectivity index (χ4v) is 4.30. The van der Waals surface area contributed by atoms with E-state index in [1.807, 2.05) is 30.0 Å². The summed E-state index contributed by atoms with van der Waals surface area (Å²) in [5.41, 5.74) is 3.20. The molecule has 0 atom stereocenters. The summed E-state index contributed by atoms with van der Waals surface area (Å²) < 4.78 is 15.8. The third kappa shape index (κ3) is 5.08. The van der Waals surface area contributed by atoms with Crippen molar-refractivity contribution in [3.05, 3.63) is 102 Å². The molecule has 1 aliphatic heterocycles. The van der Waals surface area contributed by atoms with Crippen molar-refractivity contribution in [2.24, 2.45) is 0 Å². The predicted molar refractivity (Wildman–Crippen MR) is 137 cm³/mol. The average Bonchev–Trinajstić information content (AvgIpc) is 3.31. The number of carbonyl (C=O) groups excluding carboxylic acids is 1. The van der Waals surface area contributed by atoms with Gasteiger partial charge in [-0.2, -0.15) is 5.10 Å². The molecule has 3 heterocycles. The second kappa shape index (κ2) is 10.6. The molecule has 1 amide bonds. The van der Waals surface area contributed by atoms with Gasteiger partial charge in [0, 0.05) is 44.5 Å². The zero-order chi connectivity index (χ0) is 24.9. The van der Waals surface area contributed by atoms with E-state index in [0.717, 1.165) is 19.6 Å². The molecule has 7 nitrogen and oxygen atoms in total. The van der Waals surface area contributed by atoms with Crippen LogP contribution in [-0.4, -0.2) is 68.2 Å². The molecule has 2 aromatic heterocycles. The monoisotopic (exact) mass is 482 g/mol. The number of hydrogen-bond donors (Lipinski definition) is 0. The minimum Gasteiger partial charge on any atom is -0.336 e. The lowest BCUT2D eigenvalue weighted by Gasteiger charge is -2.34. The van der Waals surface area contributed by atoms with Gasteiger partial charge in [0.05, 0.1) is 23.1 Å². The predicted octanol–water partition coefficient (Wildman–Crippen LogP) is 4.25. The molecule has 8 heteroatoms. The minimum absolute atomic E-state index is 0.0523. The zero-order valence-corrected chi connectivity index (χ0v) is 20.1. The lowest BCUT2D eigenvalue weighted by atomic mass is 10.1. The number of piperazine rings is 1. The highest BCUT2D eigenvalue weighted by Crippen LogP contribution is 2.22.